The number of alkyl halides is 1. The fourth-order valence-electron chi connectivity index (χ4n) is 3.36. The van der Waals surface area contributed by atoms with Gasteiger partial charge in [-0.1, -0.05) is 19.4 Å². The summed E-state index contributed by atoms with van der Waals surface area (Å²) in [5.74, 6) is 1.02. The summed E-state index contributed by atoms with van der Waals surface area (Å²) in [6.07, 6.45) is 5.29. The van der Waals surface area contributed by atoms with Crippen LogP contribution in [0.5, 0.6) is 0 Å². The molecule has 1 aliphatic carbocycles. The Balaban J connectivity index is 2.09. The predicted molar refractivity (Wildman–Crippen MR) is 85.3 cm³/mol. The number of benzene rings is 1. The van der Waals surface area contributed by atoms with Gasteiger partial charge in [0.15, 0.2) is 0 Å². The lowest BCUT2D eigenvalue weighted by atomic mass is 9.67. The van der Waals surface area contributed by atoms with Crippen LogP contribution >= 0.6 is 11.6 Å². The number of halogens is 1. The van der Waals surface area contributed by atoms with Crippen molar-refractivity contribution in [3.63, 3.8) is 0 Å². The van der Waals surface area contributed by atoms with Gasteiger partial charge in [0.05, 0.1) is 16.4 Å². The van der Waals surface area contributed by atoms with Crippen LogP contribution in [0.15, 0.2) is 18.2 Å². The van der Waals surface area contributed by atoms with E-state index in [4.69, 9.17) is 16.6 Å². The van der Waals surface area contributed by atoms with Gasteiger partial charge in [0.25, 0.3) is 0 Å². The molecule has 1 aliphatic rings. The highest BCUT2D eigenvalue weighted by Crippen LogP contribution is 2.46. The van der Waals surface area contributed by atoms with Crippen LogP contribution in [0.3, 0.4) is 0 Å². The SMILES string of the molecule is CCC1(Cn2c(C(C)Cl)nc3cc(C)ccc32)CCC1. The van der Waals surface area contributed by atoms with Crippen molar-refractivity contribution < 1.29 is 0 Å². The van der Waals surface area contributed by atoms with Crippen LogP contribution in [0.1, 0.15) is 56.3 Å². The molecule has 1 aromatic heterocycles. The second kappa shape index (κ2) is 5.07. The molecule has 0 saturated heterocycles. The minimum atomic E-state index is -0.0447. The Morgan fingerprint density at radius 3 is 2.70 bits per heavy atom. The Kier molecular flexibility index (Phi) is 3.53. The first-order valence-electron chi connectivity index (χ1n) is 7.65. The lowest BCUT2D eigenvalue weighted by molar-refractivity contribution is 0.101. The van der Waals surface area contributed by atoms with Gasteiger partial charge in [-0.2, -0.15) is 0 Å². The first-order valence-corrected chi connectivity index (χ1v) is 8.09. The number of hydrogen-bond donors (Lipinski definition) is 0. The standard InChI is InChI=1S/C17H23ClN2/c1-4-17(8-5-9-17)11-20-15-7-6-12(2)10-14(15)19-16(20)13(3)18/h6-7,10,13H,4-5,8-9,11H2,1-3H3. The van der Waals surface area contributed by atoms with Crippen LogP contribution < -0.4 is 0 Å². The van der Waals surface area contributed by atoms with E-state index in [0.29, 0.717) is 5.41 Å². The molecule has 3 rings (SSSR count). The van der Waals surface area contributed by atoms with Crippen molar-refractivity contribution in [2.24, 2.45) is 5.41 Å². The maximum absolute atomic E-state index is 6.37. The van der Waals surface area contributed by atoms with Crippen molar-refractivity contribution >= 4 is 22.6 Å². The Bertz CT molecular complexity index is 618. The van der Waals surface area contributed by atoms with Gasteiger partial charge in [-0.15, -0.1) is 11.6 Å². The summed E-state index contributed by atoms with van der Waals surface area (Å²) in [7, 11) is 0. The van der Waals surface area contributed by atoms with Crippen molar-refractivity contribution in [3.05, 3.63) is 29.6 Å². The average Bonchev–Trinajstić information content (AvgIpc) is 2.71. The van der Waals surface area contributed by atoms with Crippen molar-refractivity contribution in [1.82, 2.24) is 9.55 Å². The molecule has 20 heavy (non-hydrogen) atoms. The first-order chi connectivity index (χ1) is 9.54. The van der Waals surface area contributed by atoms with Crippen molar-refractivity contribution in [2.45, 2.75) is 58.4 Å². The zero-order valence-corrected chi connectivity index (χ0v) is 13.4. The van der Waals surface area contributed by atoms with Crippen LogP contribution in [0, 0.1) is 12.3 Å². The summed E-state index contributed by atoms with van der Waals surface area (Å²) in [6, 6.07) is 6.53. The Labute approximate surface area is 126 Å². The molecule has 0 aliphatic heterocycles. The van der Waals surface area contributed by atoms with Crippen LogP contribution in [0.2, 0.25) is 0 Å². The molecule has 1 heterocycles. The van der Waals surface area contributed by atoms with Gasteiger partial charge in [0, 0.05) is 6.54 Å². The van der Waals surface area contributed by atoms with Crippen LogP contribution in [0.25, 0.3) is 11.0 Å². The molecule has 1 unspecified atom stereocenters. The third-order valence-electron chi connectivity index (χ3n) is 4.95. The van der Waals surface area contributed by atoms with E-state index < -0.39 is 0 Å². The predicted octanol–water partition coefficient (Wildman–Crippen LogP) is 5.22. The smallest absolute Gasteiger partial charge is 0.127 e. The van der Waals surface area contributed by atoms with Crippen molar-refractivity contribution in [3.8, 4) is 0 Å². The molecule has 1 atom stereocenters. The summed E-state index contributed by atoms with van der Waals surface area (Å²) < 4.78 is 2.37. The summed E-state index contributed by atoms with van der Waals surface area (Å²) in [5, 5.41) is -0.0447. The molecular weight excluding hydrogens is 268 g/mol. The summed E-state index contributed by atoms with van der Waals surface area (Å²) in [5.41, 5.74) is 4.04. The molecule has 2 aromatic rings. The number of aryl methyl sites for hydroxylation is 1. The maximum Gasteiger partial charge on any atom is 0.127 e. The van der Waals surface area contributed by atoms with Gasteiger partial charge >= 0.3 is 0 Å². The van der Waals surface area contributed by atoms with E-state index in [2.05, 4.69) is 36.6 Å². The fourth-order valence-corrected chi connectivity index (χ4v) is 3.53. The van der Waals surface area contributed by atoms with Gasteiger partial charge in [0.1, 0.15) is 5.82 Å². The minimum absolute atomic E-state index is 0.0447. The highest BCUT2D eigenvalue weighted by molar-refractivity contribution is 6.20. The van der Waals surface area contributed by atoms with Crippen LogP contribution in [-0.2, 0) is 6.54 Å². The fraction of sp³-hybridized carbons (Fsp3) is 0.588. The van der Waals surface area contributed by atoms with E-state index in [-0.39, 0.29) is 5.38 Å². The Morgan fingerprint density at radius 1 is 1.40 bits per heavy atom. The number of nitrogens with zero attached hydrogens (tertiary/aromatic N) is 2. The summed E-state index contributed by atoms with van der Waals surface area (Å²) in [6.45, 7) is 7.51. The molecule has 108 valence electrons. The topological polar surface area (TPSA) is 17.8 Å². The van der Waals surface area contributed by atoms with Gasteiger partial charge < -0.3 is 4.57 Å². The number of fused-ring (bicyclic) bond motifs is 1. The highest BCUT2D eigenvalue weighted by atomic mass is 35.5. The largest absolute Gasteiger partial charge is 0.326 e. The molecule has 1 aromatic carbocycles. The van der Waals surface area contributed by atoms with Crippen molar-refractivity contribution in [1.29, 1.82) is 0 Å². The van der Waals surface area contributed by atoms with E-state index in [1.165, 1.54) is 36.8 Å². The molecule has 3 heteroatoms. The molecule has 0 bridgehead atoms. The molecule has 0 N–H and O–H groups in total. The zero-order valence-electron chi connectivity index (χ0n) is 12.6. The van der Waals surface area contributed by atoms with E-state index in [0.717, 1.165) is 17.9 Å². The number of hydrogen-bond acceptors (Lipinski definition) is 1. The molecular formula is C17H23ClN2. The third kappa shape index (κ3) is 2.24. The summed E-state index contributed by atoms with van der Waals surface area (Å²) >= 11 is 6.37. The van der Waals surface area contributed by atoms with Crippen LogP contribution in [-0.4, -0.2) is 9.55 Å². The minimum Gasteiger partial charge on any atom is -0.326 e. The first kappa shape index (κ1) is 13.9. The van der Waals surface area contributed by atoms with Gasteiger partial charge in [-0.25, -0.2) is 4.98 Å². The lowest BCUT2D eigenvalue weighted by Crippen LogP contribution is -2.34. The monoisotopic (exact) mass is 290 g/mol. The van der Waals surface area contributed by atoms with Crippen molar-refractivity contribution in [2.75, 3.05) is 0 Å². The molecule has 0 amide bonds. The lowest BCUT2D eigenvalue weighted by Gasteiger charge is -2.42. The second-order valence-electron chi connectivity index (χ2n) is 6.37. The normalized spacial score (nSPS) is 19.0. The quantitative estimate of drug-likeness (QED) is 0.706. The molecule has 0 spiro atoms. The van der Waals surface area contributed by atoms with E-state index in [1.54, 1.807) is 0 Å². The van der Waals surface area contributed by atoms with Gasteiger partial charge in [0.2, 0.25) is 0 Å². The van der Waals surface area contributed by atoms with E-state index >= 15 is 0 Å². The third-order valence-corrected chi connectivity index (χ3v) is 5.14. The zero-order chi connectivity index (χ0) is 14.3. The molecule has 0 radical (unpaired) electrons. The van der Waals surface area contributed by atoms with Gasteiger partial charge in [-0.3, -0.25) is 0 Å². The summed E-state index contributed by atoms with van der Waals surface area (Å²) in [4.78, 5) is 4.78. The Hall–Kier alpha value is -1.02. The highest BCUT2D eigenvalue weighted by Gasteiger charge is 2.36. The average molecular weight is 291 g/mol. The van der Waals surface area contributed by atoms with E-state index in [9.17, 15) is 0 Å². The van der Waals surface area contributed by atoms with Crippen LogP contribution in [0.4, 0.5) is 0 Å². The molecule has 2 nitrogen and oxygen atoms in total. The maximum atomic E-state index is 6.37. The second-order valence-corrected chi connectivity index (χ2v) is 7.03. The number of aromatic nitrogens is 2. The number of imidazole rings is 1. The van der Waals surface area contributed by atoms with E-state index in [1.807, 2.05) is 6.92 Å². The number of rotatable bonds is 4. The Morgan fingerprint density at radius 2 is 2.15 bits per heavy atom. The molecule has 1 saturated carbocycles. The molecule has 1 fully saturated rings. The van der Waals surface area contributed by atoms with Gasteiger partial charge in [-0.05, 0) is 56.2 Å².